The van der Waals surface area contributed by atoms with E-state index in [0.717, 1.165) is 22.0 Å². The van der Waals surface area contributed by atoms with Crippen LogP contribution < -0.4 is 10.1 Å². The molecular weight excluding hydrogens is 551 g/mol. The highest BCUT2D eigenvalue weighted by atomic mass is 79.9. The minimum atomic E-state index is -0.753. The molecule has 2 amide bonds. The molecule has 3 rings (SSSR count). The van der Waals surface area contributed by atoms with Crippen molar-refractivity contribution < 1.29 is 14.3 Å². The minimum Gasteiger partial charge on any atom is -0.482 e. The van der Waals surface area contributed by atoms with Gasteiger partial charge in [-0.2, -0.15) is 0 Å². The van der Waals surface area contributed by atoms with Gasteiger partial charge in [0.25, 0.3) is 5.91 Å². The molecule has 1 atom stereocenters. The first-order valence-corrected chi connectivity index (χ1v) is 12.9. The second-order valence-corrected chi connectivity index (χ2v) is 9.70. The molecule has 5 nitrogen and oxygen atoms in total. The Kier molecular flexibility index (Phi) is 10.5. The van der Waals surface area contributed by atoms with Gasteiger partial charge in [0.05, 0.1) is 5.02 Å². The van der Waals surface area contributed by atoms with Gasteiger partial charge in [-0.15, -0.1) is 0 Å². The lowest BCUT2D eigenvalue weighted by Crippen LogP contribution is -2.51. The highest BCUT2D eigenvalue weighted by molar-refractivity contribution is 9.10. The van der Waals surface area contributed by atoms with Crippen molar-refractivity contribution in [2.24, 2.45) is 0 Å². The smallest absolute Gasteiger partial charge is 0.261 e. The molecule has 8 heteroatoms. The van der Waals surface area contributed by atoms with E-state index in [0.29, 0.717) is 28.8 Å². The molecule has 0 aliphatic carbocycles. The van der Waals surface area contributed by atoms with Gasteiger partial charge in [-0.3, -0.25) is 9.59 Å². The molecule has 0 spiro atoms. The maximum absolute atomic E-state index is 13.5. The number of rotatable bonds is 11. The maximum atomic E-state index is 13.5. The predicted molar refractivity (Wildman–Crippen MR) is 144 cm³/mol. The average molecular weight is 578 g/mol. The number of benzene rings is 3. The fraction of sp³-hybridized carbons (Fsp3) is 0.259. The zero-order valence-corrected chi connectivity index (χ0v) is 22.4. The number of ether oxygens (including phenoxy) is 1. The second kappa shape index (κ2) is 13.5. The molecule has 0 aliphatic rings. The largest absolute Gasteiger partial charge is 0.482 e. The summed E-state index contributed by atoms with van der Waals surface area (Å²) < 4.78 is 6.56. The third-order valence-electron chi connectivity index (χ3n) is 5.36. The monoisotopic (exact) mass is 576 g/mol. The van der Waals surface area contributed by atoms with Crippen molar-refractivity contribution in [3.8, 4) is 5.75 Å². The summed E-state index contributed by atoms with van der Waals surface area (Å²) in [6.07, 6.45) is 1.14. The quantitative estimate of drug-likeness (QED) is 0.291. The van der Waals surface area contributed by atoms with E-state index in [2.05, 4.69) is 21.2 Å². The van der Waals surface area contributed by atoms with E-state index in [1.54, 1.807) is 24.3 Å². The molecule has 0 bridgehead atoms. The molecule has 0 radical (unpaired) electrons. The number of hydrogen-bond donors (Lipinski definition) is 1. The Hall–Kier alpha value is -2.54. The fourth-order valence-electron chi connectivity index (χ4n) is 3.54. The Morgan fingerprint density at radius 1 is 1.00 bits per heavy atom. The zero-order valence-electron chi connectivity index (χ0n) is 19.3. The summed E-state index contributed by atoms with van der Waals surface area (Å²) in [6, 6.07) is 21.3. The number of carbonyl (C=O) groups is 2. The molecule has 1 N–H and O–H groups in total. The normalized spacial score (nSPS) is 11.5. The molecule has 0 heterocycles. The van der Waals surface area contributed by atoms with Gasteiger partial charge >= 0.3 is 0 Å². The van der Waals surface area contributed by atoms with E-state index < -0.39 is 6.04 Å². The highest BCUT2D eigenvalue weighted by Gasteiger charge is 2.31. The van der Waals surface area contributed by atoms with Gasteiger partial charge in [0, 0.05) is 29.0 Å². The van der Waals surface area contributed by atoms with Crippen LogP contribution in [0.15, 0.2) is 77.3 Å². The molecule has 0 saturated heterocycles. The fourth-order valence-corrected chi connectivity index (χ4v) is 4.47. The molecular formula is C27H27BrCl2N2O3. The van der Waals surface area contributed by atoms with E-state index in [-0.39, 0.29) is 25.0 Å². The summed E-state index contributed by atoms with van der Waals surface area (Å²) >= 11 is 16.0. The first-order valence-electron chi connectivity index (χ1n) is 11.3. The average Bonchev–Trinajstić information content (AvgIpc) is 2.85. The Morgan fingerprint density at radius 2 is 1.71 bits per heavy atom. The Morgan fingerprint density at radius 3 is 2.40 bits per heavy atom. The SMILES string of the molecule is CCCNC(=O)[C@H](Cc1ccccc1)N(Cc1ccccc1Cl)C(=O)COc1ccc(Br)cc1Cl. The molecule has 3 aromatic rings. The molecule has 0 aliphatic heterocycles. The van der Waals surface area contributed by atoms with Gasteiger partial charge in [-0.05, 0) is 41.8 Å². The van der Waals surface area contributed by atoms with E-state index in [9.17, 15) is 9.59 Å². The number of nitrogens with one attached hydrogen (secondary N) is 1. The lowest BCUT2D eigenvalue weighted by Gasteiger charge is -2.31. The summed E-state index contributed by atoms with van der Waals surface area (Å²) in [7, 11) is 0. The van der Waals surface area contributed by atoms with Gasteiger partial charge in [-0.1, -0.05) is 94.6 Å². The van der Waals surface area contributed by atoms with Crippen LogP contribution in [0.25, 0.3) is 0 Å². The van der Waals surface area contributed by atoms with Crippen molar-refractivity contribution in [3.05, 3.63) is 98.4 Å². The number of halogens is 3. The topological polar surface area (TPSA) is 58.6 Å². The summed E-state index contributed by atoms with van der Waals surface area (Å²) in [6.45, 7) is 2.38. The standard InChI is InChI=1S/C27H27BrCl2N2O3/c1-2-14-31-27(34)24(15-19-8-4-3-5-9-19)32(17-20-10-6-7-11-22(20)29)26(33)18-35-25-13-12-21(28)16-23(25)30/h3-13,16,24H,2,14-15,17-18H2,1H3,(H,31,34)/t24-/m0/s1. The van der Waals surface area contributed by atoms with Gasteiger partial charge in [0.1, 0.15) is 11.8 Å². The predicted octanol–water partition coefficient (Wildman–Crippen LogP) is 6.30. The van der Waals surface area contributed by atoms with Crippen LogP contribution in [-0.4, -0.2) is 35.9 Å². The number of carbonyl (C=O) groups excluding carboxylic acids is 2. The van der Waals surface area contributed by atoms with Gasteiger partial charge in [0.15, 0.2) is 6.61 Å². The molecule has 0 aromatic heterocycles. The molecule has 3 aromatic carbocycles. The summed E-state index contributed by atoms with van der Waals surface area (Å²) in [5, 5.41) is 3.85. The van der Waals surface area contributed by atoms with Crippen LogP contribution in [0.1, 0.15) is 24.5 Å². The summed E-state index contributed by atoms with van der Waals surface area (Å²) in [5.41, 5.74) is 1.68. The maximum Gasteiger partial charge on any atom is 0.261 e. The highest BCUT2D eigenvalue weighted by Crippen LogP contribution is 2.28. The van der Waals surface area contributed by atoms with Crippen LogP contribution in [0.2, 0.25) is 10.0 Å². The van der Waals surface area contributed by atoms with E-state index in [1.165, 1.54) is 4.90 Å². The van der Waals surface area contributed by atoms with Crippen LogP contribution in [-0.2, 0) is 22.6 Å². The molecule has 184 valence electrons. The van der Waals surface area contributed by atoms with Gasteiger partial charge in [0.2, 0.25) is 5.91 Å². The van der Waals surface area contributed by atoms with Crippen molar-refractivity contribution in [1.82, 2.24) is 10.2 Å². The third-order valence-corrected chi connectivity index (χ3v) is 6.52. The Bertz CT molecular complexity index is 1140. The van der Waals surface area contributed by atoms with E-state index in [4.69, 9.17) is 27.9 Å². The van der Waals surface area contributed by atoms with Crippen LogP contribution in [0, 0.1) is 0 Å². The van der Waals surface area contributed by atoms with E-state index in [1.807, 2.05) is 55.5 Å². The lowest BCUT2D eigenvalue weighted by molar-refractivity contribution is -0.142. The van der Waals surface area contributed by atoms with Crippen molar-refractivity contribution in [3.63, 3.8) is 0 Å². The molecule has 0 saturated carbocycles. The summed E-state index contributed by atoms with van der Waals surface area (Å²) in [5.74, 6) is -0.190. The first kappa shape index (κ1) is 27.1. The van der Waals surface area contributed by atoms with Gasteiger partial charge in [-0.25, -0.2) is 0 Å². The third kappa shape index (κ3) is 7.99. The number of amides is 2. The first-order chi connectivity index (χ1) is 16.9. The zero-order chi connectivity index (χ0) is 25.2. The number of nitrogens with zero attached hydrogens (tertiary/aromatic N) is 1. The van der Waals surface area contributed by atoms with Crippen molar-refractivity contribution in [2.75, 3.05) is 13.2 Å². The summed E-state index contributed by atoms with van der Waals surface area (Å²) in [4.78, 5) is 28.4. The minimum absolute atomic E-state index is 0.160. The van der Waals surface area contributed by atoms with Crippen LogP contribution in [0.4, 0.5) is 0 Å². The van der Waals surface area contributed by atoms with Crippen LogP contribution >= 0.6 is 39.1 Å². The second-order valence-electron chi connectivity index (χ2n) is 7.97. The Balaban J connectivity index is 1.91. The van der Waals surface area contributed by atoms with Crippen molar-refractivity contribution in [2.45, 2.75) is 32.4 Å². The van der Waals surface area contributed by atoms with Crippen molar-refractivity contribution in [1.29, 1.82) is 0 Å². The van der Waals surface area contributed by atoms with E-state index >= 15 is 0 Å². The van der Waals surface area contributed by atoms with Crippen molar-refractivity contribution >= 4 is 50.9 Å². The van der Waals surface area contributed by atoms with Crippen LogP contribution in [0.3, 0.4) is 0 Å². The molecule has 0 fully saturated rings. The lowest BCUT2D eigenvalue weighted by atomic mass is 10.0. The van der Waals surface area contributed by atoms with Gasteiger partial charge < -0.3 is 15.0 Å². The molecule has 0 unspecified atom stereocenters. The Labute approximate surface area is 224 Å². The number of hydrogen-bond acceptors (Lipinski definition) is 3. The van der Waals surface area contributed by atoms with Crippen LogP contribution in [0.5, 0.6) is 5.75 Å². The molecule has 35 heavy (non-hydrogen) atoms.